The van der Waals surface area contributed by atoms with E-state index in [0.717, 1.165) is 24.2 Å². The van der Waals surface area contributed by atoms with Crippen molar-refractivity contribution < 1.29 is 14.3 Å². The molecule has 106 valence electrons. The molecule has 2 rings (SSSR count). The number of terminal acetylenes is 1. The van der Waals surface area contributed by atoms with Crippen molar-refractivity contribution in [1.82, 2.24) is 9.88 Å². The van der Waals surface area contributed by atoms with E-state index in [0.29, 0.717) is 12.5 Å². The van der Waals surface area contributed by atoms with Crippen LogP contribution in [-0.4, -0.2) is 41.5 Å². The topological polar surface area (TPSA) is 59.5 Å². The second-order valence-corrected chi connectivity index (χ2v) is 5.45. The van der Waals surface area contributed by atoms with Gasteiger partial charge in [0.2, 0.25) is 5.01 Å². The first kappa shape index (κ1) is 14.5. The zero-order valence-corrected chi connectivity index (χ0v) is 12.1. The van der Waals surface area contributed by atoms with Gasteiger partial charge < -0.3 is 9.64 Å². The van der Waals surface area contributed by atoms with E-state index in [1.165, 1.54) is 0 Å². The Morgan fingerprint density at radius 1 is 1.60 bits per heavy atom. The molecular formula is C14H16N2O3S. The second kappa shape index (κ2) is 6.53. The minimum atomic E-state index is -0.498. The van der Waals surface area contributed by atoms with Crippen LogP contribution in [-0.2, 0) is 4.74 Å². The van der Waals surface area contributed by atoms with Crippen molar-refractivity contribution in [3.05, 3.63) is 16.1 Å². The Morgan fingerprint density at radius 2 is 2.35 bits per heavy atom. The molecule has 0 atom stereocenters. The van der Waals surface area contributed by atoms with Crippen LogP contribution >= 0.6 is 11.3 Å². The SMILES string of the molecule is C#CCN(CC1CC1)C(=O)c1csc(C(=O)OCC)n1. The first-order valence-electron chi connectivity index (χ1n) is 6.51. The highest BCUT2D eigenvalue weighted by Crippen LogP contribution is 2.30. The molecule has 0 radical (unpaired) electrons. The number of ether oxygens (including phenoxy) is 1. The molecule has 1 saturated carbocycles. The van der Waals surface area contributed by atoms with Gasteiger partial charge in [-0.1, -0.05) is 5.92 Å². The summed E-state index contributed by atoms with van der Waals surface area (Å²) in [6.07, 6.45) is 7.58. The van der Waals surface area contributed by atoms with Gasteiger partial charge in [-0.25, -0.2) is 9.78 Å². The monoisotopic (exact) mass is 292 g/mol. The van der Waals surface area contributed by atoms with Gasteiger partial charge in [0, 0.05) is 11.9 Å². The molecular weight excluding hydrogens is 276 g/mol. The Labute approximate surface area is 121 Å². The van der Waals surface area contributed by atoms with Crippen molar-refractivity contribution in [2.24, 2.45) is 5.92 Å². The molecule has 1 aliphatic rings. The number of thiazole rings is 1. The highest BCUT2D eigenvalue weighted by atomic mass is 32.1. The maximum absolute atomic E-state index is 12.3. The normalized spacial score (nSPS) is 13.6. The molecule has 0 spiro atoms. The molecule has 1 aromatic rings. The van der Waals surface area contributed by atoms with E-state index < -0.39 is 5.97 Å². The molecule has 0 N–H and O–H groups in total. The van der Waals surface area contributed by atoms with Crippen molar-refractivity contribution in [2.75, 3.05) is 19.7 Å². The molecule has 1 aliphatic carbocycles. The van der Waals surface area contributed by atoms with Gasteiger partial charge in [-0.3, -0.25) is 4.79 Å². The van der Waals surface area contributed by atoms with Gasteiger partial charge >= 0.3 is 5.97 Å². The highest BCUT2D eigenvalue weighted by molar-refractivity contribution is 7.11. The lowest BCUT2D eigenvalue weighted by molar-refractivity contribution is 0.0526. The van der Waals surface area contributed by atoms with Gasteiger partial charge in [-0.15, -0.1) is 17.8 Å². The fraction of sp³-hybridized carbons (Fsp3) is 0.500. The molecule has 1 aromatic heterocycles. The van der Waals surface area contributed by atoms with Crippen molar-refractivity contribution in [3.63, 3.8) is 0 Å². The van der Waals surface area contributed by atoms with Crippen molar-refractivity contribution in [3.8, 4) is 12.3 Å². The molecule has 0 bridgehead atoms. The number of carbonyl (C=O) groups excluding carboxylic acids is 2. The third kappa shape index (κ3) is 3.58. The van der Waals surface area contributed by atoms with Crippen LogP contribution in [0.25, 0.3) is 0 Å². The lowest BCUT2D eigenvalue weighted by atomic mass is 10.3. The minimum Gasteiger partial charge on any atom is -0.461 e. The van der Waals surface area contributed by atoms with Gasteiger partial charge in [0.15, 0.2) is 0 Å². The van der Waals surface area contributed by atoms with Crippen LogP contribution in [0.15, 0.2) is 5.38 Å². The second-order valence-electron chi connectivity index (χ2n) is 4.59. The van der Waals surface area contributed by atoms with Crippen LogP contribution in [0.3, 0.4) is 0 Å². The predicted octanol–water partition coefficient (Wildman–Crippen LogP) is 1.81. The van der Waals surface area contributed by atoms with Gasteiger partial charge in [0.1, 0.15) is 5.69 Å². The Morgan fingerprint density at radius 3 is 2.95 bits per heavy atom. The van der Waals surface area contributed by atoms with E-state index in [2.05, 4.69) is 10.9 Å². The van der Waals surface area contributed by atoms with Gasteiger partial charge in [0.05, 0.1) is 13.2 Å². The van der Waals surface area contributed by atoms with Crippen LogP contribution < -0.4 is 0 Å². The molecule has 1 heterocycles. The summed E-state index contributed by atoms with van der Waals surface area (Å²) in [7, 11) is 0. The lowest BCUT2D eigenvalue weighted by Gasteiger charge is -2.18. The summed E-state index contributed by atoms with van der Waals surface area (Å²) in [5.74, 6) is 2.32. The number of nitrogens with zero attached hydrogens (tertiary/aromatic N) is 2. The van der Waals surface area contributed by atoms with Crippen molar-refractivity contribution in [1.29, 1.82) is 0 Å². The maximum atomic E-state index is 12.3. The minimum absolute atomic E-state index is 0.197. The van der Waals surface area contributed by atoms with E-state index in [-0.39, 0.29) is 29.8 Å². The van der Waals surface area contributed by atoms with Crippen LogP contribution in [0.1, 0.15) is 40.1 Å². The molecule has 0 aromatic carbocycles. The molecule has 5 nitrogen and oxygen atoms in total. The van der Waals surface area contributed by atoms with E-state index >= 15 is 0 Å². The Kier molecular flexibility index (Phi) is 4.74. The summed E-state index contributed by atoms with van der Waals surface area (Å²) < 4.78 is 4.86. The summed E-state index contributed by atoms with van der Waals surface area (Å²) in [6.45, 7) is 2.94. The van der Waals surface area contributed by atoms with Crippen molar-refractivity contribution in [2.45, 2.75) is 19.8 Å². The number of amides is 1. The average Bonchev–Trinajstić information content (AvgIpc) is 3.11. The zero-order chi connectivity index (χ0) is 14.5. The number of hydrogen-bond donors (Lipinski definition) is 0. The van der Waals surface area contributed by atoms with Crippen LogP contribution in [0.4, 0.5) is 0 Å². The largest absolute Gasteiger partial charge is 0.461 e. The number of esters is 1. The quantitative estimate of drug-likeness (QED) is 0.592. The third-order valence-corrected chi connectivity index (χ3v) is 3.74. The third-order valence-electron chi connectivity index (χ3n) is 2.92. The average molecular weight is 292 g/mol. The first-order chi connectivity index (χ1) is 9.65. The summed E-state index contributed by atoms with van der Waals surface area (Å²) in [4.78, 5) is 29.5. The van der Waals surface area contributed by atoms with Crippen molar-refractivity contribution >= 4 is 23.2 Å². The first-order valence-corrected chi connectivity index (χ1v) is 7.39. The molecule has 0 saturated heterocycles. The summed E-state index contributed by atoms with van der Waals surface area (Å²) in [6, 6.07) is 0. The van der Waals surface area contributed by atoms with Gasteiger partial charge in [-0.2, -0.15) is 0 Å². The smallest absolute Gasteiger partial charge is 0.367 e. The molecule has 1 fully saturated rings. The molecule has 0 aliphatic heterocycles. The zero-order valence-electron chi connectivity index (χ0n) is 11.3. The molecule has 1 amide bonds. The summed E-state index contributed by atoms with van der Waals surface area (Å²) in [5.41, 5.74) is 0.258. The number of rotatable bonds is 6. The fourth-order valence-corrected chi connectivity index (χ4v) is 2.45. The van der Waals surface area contributed by atoms with E-state index in [4.69, 9.17) is 11.2 Å². The van der Waals surface area contributed by atoms with Crippen LogP contribution in [0.5, 0.6) is 0 Å². The molecule has 20 heavy (non-hydrogen) atoms. The lowest BCUT2D eigenvalue weighted by Crippen LogP contribution is -2.33. The highest BCUT2D eigenvalue weighted by Gasteiger charge is 2.28. The molecule has 6 heteroatoms. The standard InChI is InChI=1S/C14H16N2O3S/c1-3-7-16(8-10-5-6-10)13(17)11-9-20-12(15-11)14(18)19-4-2/h1,9-10H,4-8H2,2H3. The maximum Gasteiger partial charge on any atom is 0.367 e. The Balaban J connectivity index is 2.06. The summed E-state index contributed by atoms with van der Waals surface area (Å²) in [5, 5.41) is 1.77. The van der Waals surface area contributed by atoms with Crippen LogP contribution in [0, 0.1) is 18.3 Å². The van der Waals surface area contributed by atoms with E-state index in [1.807, 2.05) is 0 Å². The predicted molar refractivity (Wildman–Crippen MR) is 75.5 cm³/mol. The van der Waals surface area contributed by atoms with E-state index in [9.17, 15) is 9.59 Å². The molecule has 0 unspecified atom stereocenters. The number of aromatic nitrogens is 1. The van der Waals surface area contributed by atoms with Gasteiger partial charge in [-0.05, 0) is 25.7 Å². The fourth-order valence-electron chi connectivity index (χ4n) is 1.76. The number of carbonyl (C=O) groups is 2. The Hall–Kier alpha value is -1.87. The summed E-state index contributed by atoms with van der Waals surface area (Å²) >= 11 is 1.11. The van der Waals surface area contributed by atoms with E-state index in [1.54, 1.807) is 17.2 Å². The Bertz CT molecular complexity index is 543. The van der Waals surface area contributed by atoms with Crippen LogP contribution in [0.2, 0.25) is 0 Å². The number of hydrogen-bond acceptors (Lipinski definition) is 5. The van der Waals surface area contributed by atoms with Gasteiger partial charge in [0.25, 0.3) is 5.91 Å².